The second kappa shape index (κ2) is 8.53. The first-order valence-corrected chi connectivity index (χ1v) is 6.84. The first-order chi connectivity index (χ1) is 9.13. The molecule has 1 atom stereocenters. The lowest BCUT2D eigenvalue weighted by atomic mass is 10.2. The van der Waals surface area contributed by atoms with Gasteiger partial charge in [-0.05, 0) is 18.9 Å². The Kier molecular flexibility index (Phi) is 6.97. The van der Waals surface area contributed by atoms with Crippen LogP contribution in [0.3, 0.4) is 0 Å². The maximum absolute atomic E-state index is 11.8. The minimum absolute atomic E-state index is 0.150. The Morgan fingerprint density at radius 2 is 1.95 bits per heavy atom. The van der Waals surface area contributed by atoms with Gasteiger partial charge in [0.05, 0.1) is 0 Å². The molecular formula is C14H19ClN2O2. The molecule has 1 aromatic carbocycles. The summed E-state index contributed by atoms with van der Waals surface area (Å²) in [5.74, 6) is 0.105. The van der Waals surface area contributed by atoms with Gasteiger partial charge in [0.15, 0.2) is 0 Å². The average Bonchev–Trinajstić information content (AvgIpc) is 2.43. The van der Waals surface area contributed by atoms with Gasteiger partial charge in [-0.2, -0.15) is 0 Å². The van der Waals surface area contributed by atoms with Crippen LogP contribution in [-0.2, 0) is 16.1 Å². The number of hydrogen-bond acceptors (Lipinski definition) is 2. The zero-order valence-electron chi connectivity index (χ0n) is 11.0. The number of rotatable bonds is 7. The van der Waals surface area contributed by atoms with Crippen molar-refractivity contribution in [3.63, 3.8) is 0 Å². The molecule has 5 heteroatoms. The third kappa shape index (κ3) is 6.25. The number of halogens is 1. The van der Waals surface area contributed by atoms with Crippen molar-refractivity contribution in [2.45, 2.75) is 32.4 Å². The minimum atomic E-state index is -0.536. The minimum Gasteiger partial charge on any atom is -0.350 e. The van der Waals surface area contributed by atoms with Gasteiger partial charge < -0.3 is 10.6 Å². The van der Waals surface area contributed by atoms with E-state index in [-0.39, 0.29) is 11.8 Å². The first-order valence-electron chi connectivity index (χ1n) is 6.30. The van der Waals surface area contributed by atoms with Gasteiger partial charge in [0.25, 0.3) is 0 Å². The Labute approximate surface area is 118 Å². The van der Waals surface area contributed by atoms with Gasteiger partial charge in [0.2, 0.25) is 11.8 Å². The summed E-state index contributed by atoms with van der Waals surface area (Å²) in [5.41, 5.74) is 1.02. The molecule has 1 rings (SSSR count). The molecule has 0 saturated carbocycles. The van der Waals surface area contributed by atoms with E-state index >= 15 is 0 Å². The highest BCUT2D eigenvalue weighted by atomic mass is 35.5. The Morgan fingerprint density at radius 1 is 1.26 bits per heavy atom. The monoisotopic (exact) mass is 282 g/mol. The normalized spacial score (nSPS) is 11.7. The molecule has 0 unspecified atom stereocenters. The topological polar surface area (TPSA) is 58.2 Å². The number of carbonyl (C=O) groups is 2. The molecule has 104 valence electrons. The number of carbonyl (C=O) groups excluding carboxylic acids is 2. The second-order valence-corrected chi connectivity index (χ2v) is 4.66. The van der Waals surface area contributed by atoms with E-state index in [4.69, 9.17) is 11.6 Å². The molecule has 2 N–H and O–H groups in total. The van der Waals surface area contributed by atoms with E-state index in [2.05, 4.69) is 10.6 Å². The Balaban J connectivity index is 2.30. The summed E-state index contributed by atoms with van der Waals surface area (Å²) in [6.07, 6.45) is 0.964. The number of alkyl halides is 1. The third-order valence-corrected chi connectivity index (χ3v) is 2.89. The van der Waals surface area contributed by atoms with Crippen molar-refractivity contribution in [1.29, 1.82) is 0 Å². The molecule has 0 bridgehead atoms. The highest BCUT2D eigenvalue weighted by Crippen LogP contribution is 1.98. The molecule has 0 heterocycles. The van der Waals surface area contributed by atoms with Crippen LogP contribution in [0.5, 0.6) is 0 Å². The van der Waals surface area contributed by atoms with E-state index in [0.29, 0.717) is 25.3 Å². The van der Waals surface area contributed by atoms with Crippen molar-refractivity contribution in [3.8, 4) is 0 Å². The van der Waals surface area contributed by atoms with Crippen molar-refractivity contribution in [2.24, 2.45) is 0 Å². The molecule has 0 aliphatic carbocycles. The zero-order valence-corrected chi connectivity index (χ0v) is 11.7. The highest BCUT2D eigenvalue weighted by molar-refractivity contribution is 6.17. The lowest BCUT2D eigenvalue weighted by Crippen LogP contribution is -2.44. The quantitative estimate of drug-likeness (QED) is 0.750. The van der Waals surface area contributed by atoms with Crippen LogP contribution in [0.1, 0.15) is 25.3 Å². The van der Waals surface area contributed by atoms with Gasteiger partial charge in [-0.3, -0.25) is 9.59 Å². The van der Waals surface area contributed by atoms with Crippen molar-refractivity contribution >= 4 is 23.4 Å². The third-order valence-electron chi connectivity index (χ3n) is 2.62. The number of hydrogen-bond donors (Lipinski definition) is 2. The van der Waals surface area contributed by atoms with Crippen LogP contribution >= 0.6 is 11.6 Å². The van der Waals surface area contributed by atoms with Gasteiger partial charge in [0, 0.05) is 18.8 Å². The smallest absolute Gasteiger partial charge is 0.242 e. The molecule has 0 aromatic heterocycles. The van der Waals surface area contributed by atoms with Crippen LogP contribution in [-0.4, -0.2) is 23.7 Å². The molecule has 0 radical (unpaired) electrons. The number of benzene rings is 1. The largest absolute Gasteiger partial charge is 0.350 e. The Hall–Kier alpha value is -1.55. The molecule has 19 heavy (non-hydrogen) atoms. The fraction of sp³-hybridized carbons (Fsp3) is 0.429. The van der Waals surface area contributed by atoms with Crippen LogP contribution in [0.4, 0.5) is 0 Å². The molecule has 4 nitrogen and oxygen atoms in total. The van der Waals surface area contributed by atoms with Crippen LogP contribution in [0.2, 0.25) is 0 Å². The molecule has 2 amide bonds. The second-order valence-electron chi connectivity index (χ2n) is 4.29. The zero-order chi connectivity index (χ0) is 14.1. The molecule has 1 aromatic rings. The number of nitrogens with one attached hydrogen (secondary N) is 2. The van der Waals surface area contributed by atoms with Crippen LogP contribution < -0.4 is 10.6 Å². The molecular weight excluding hydrogens is 264 g/mol. The maximum Gasteiger partial charge on any atom is 0.242 e. The van der Waals surface area contributed by atoms with Gasteiger partial charge in [-0.1, -0.05) is 30.3 Å². The molecule has 0 aliphatic heterocycles. The lowest BCUT2D eigenvalue weighted by molar-refractivity contribution is -0.128. The van der Waals surface area contributed by atoms with E-state index in [1.54, 1.807) is 6.92 Å². The summed E-state index contributed by atoms with van der Waals surface area (Å²) in [6.45, 7) is 2.13. The van der Waals surface area contributed by atoms with E-state index < -0.39 is 6.04 Å². The summed E-state index contributed by atoms with van der Waals surface area (Å²) < 4.78 is 0. The highest BCUT2D eigenvalue weighted by Gasteiger charge is 2.14. The van der Waals surface area contributed by atoms with Crippen molar-refractivity contribution in [2.75, 3.05) is 5.88 Å². The summed E-state index contributed by atoms with van der Waals surface area (Å²) in [5, 5.41) is 5.42. The van der Waals surface area contributed by atoms with Gasteiger partial charge in [0.1, 0.15) is 6.04 Å². The van der Waals surface area contributed by atoms with Gasteiger partial charge in [-0.25, -0.2) is 0 Å². The molecule has 0 fully saturated rings. The molecule has 0 spiro atoms. The predicted octanol–water partition coefficient (Wildman–Crippen LogP) is 1.83. The Morgan fingerprint density at radius 3 is 2.58 bits per heavy atom. The Bertz CT molecular complexity index is 409. The fourth-order valence-corrected chi connectivity index (χ4v) is 1.68. The summed E-state index contributed by atoms with van der Waals surface area (Å²) in [6, 6.07) is 9.09. The fourth-order valence-electron chi connectivity index (χ4n) is 1.54. The summed E-state index contributed by atoms with van der Waals surface area (Å²) in [4.78, 5) is 23.2. The number of amides is 2. The predicted molar refractivity (Wildman–Crippen MR) is 75.8 cm³/mol. The summed E-state index contributed by atoms with van der Waals surface area (Å²) >= 11 is 5.50. The molecule has 0 aliphatic rings. The van der Waals surface area contributed by atoms with Crippen LogP contribution in [0, 0.1) is 0 Å². The first kappa shape index (κ1) is 15.5. The van der Waals surface area contributed by atoms with Crippen molar-refractivity contribution in [3.05, 3.63) is 35.9 Å². The SMILES string of the molecule is C[C@H](NC(=O)CCCCl)C(=O)NCc1ccccc1. The maximum atomic E-state index is 11.8. The standard InChI is InChI=1S/C14H19ClN2O2/c1-11(17-13(18)8-5-9-15)14(19)16-10-12-6-3-2-4-7-12/h2-4,6-7,11H,5,8-10H2,1H3,(H,16,19)(H,17,18)/t11-/m0/s1. The van der Waals surface area contributed by atoms with Crippen LogP contribution in [0.25, 0.3) is 0 Å². The van der Waals surface area contributed by atoms with E-state index in [1.807, 2.05) is 30.3 Å². The van der Waals surface area contributed by atoms with Gasteiger partial charge in [-0.15, -0.1) is 11.6 Å². The van der Waals surface area contributed by atoms with E-state index in [9.17, 15) is 9.59 Å². The van der Waals surface area contributed by atoms with Gasteiger partial charge >= 0.3 is 0 Å². The van der Waals surface area contributed by atoms with Crippen molar-refractivity contribution in [1.82, 2.24) is 10.6 Å². The van der Waals surface area contributed by atoms with Crippen LogP contribution in [0.15, 0.2) is 30.3 Å². The van der Waals surface area contributed by atoms with Crippen molar-refractivity contribution < 1.29 is 9.59 Å². The average molecular weight is 283 g/mol. The van der Waals surface area contributed by atoms with E-state index in [0.717, 1.165) is 5.56 Å². The van der Waals surface area contributed by atoms with E-state index in [1.165, 1.54) is 0 Å². The molecule has 0 saturated heterocycles. The summed E-state index contributed by atoms with van der Waals surface area (Å²) in [7, 11) is 0. The lowest BCUT2D eigenvalue weighted by Gasteiger charge is -2.14.